The standard InChI is InChI=1S/C34H37Cl2FN10O5/c1-3-30(22(2)48)47-33(49)46(21-40-47)24-5-8-31(29(37)15-24)43-10-12-44(13-11-43)32-9-6-25(16-38-32)50-17-26-18-51-34(52-26,19-45-20-39-41-42-45)27-7-4-23(35)14-28(27)36/h4-9,14-16,20-22,26,30,48H,3,10-13,17-19H2,1-2H3/t22?,26-,30?,34-/m1/s1. The summed E-state index contributed by atoms with van der Waals surface area (Å²) in [5.74, 6) is -0.341. The Labute approximate surface area is 308 Å². The molecule has 2 unspecified atom stereocenters. The summed E-state index contributed by atoms with van der Waals surface area (Å²) < 4.78 is 38.1. The molecule has 1 N–H and O–H groups in total. The Hall–Kier alpha value is -4.61. The lowest BCUT2D eigenvalue weighted by molar-refractivity contribution is -0.190. The summed E-state index contributed by atoms with van der Waals surface area (Å²) in [7, 11) is 0. The molecular weight excluding hydrogens is 718 g/mol. The van der Waals surface area contributed by atoms with Gasteiger partial charge in [-0.3, -0.25) is 0 Å². The summed E-state index contributed by atoms with van der Waals surface area (Å²) in [6.07, 6.45) is 3.84. The van der Waals surface area contributed by atoms with Gasteiger partial charge in [0.05, 0.1) is 41.3 Å². The summed E-state index contributed by atoms with van der Waals surface area (Å²) in [4.78, 5) is 21.7. The second kappa shape index (κ2) is 15.2. The van der Waals surface area contributed by atoms with E-state index in [2.05, 4.69) is 30.5 Å². The monoisotopic (exact) mass is 754 g/mol. The largest absolute Gasteiger partial charge is 0.489 e. The van der Waals surface area contributed by atoms with Crippen LogP contribution in [0.5, 0.6) is 5.75 Å². The van der Waals surface area contributed by atoms with Crippen LogP contribution < -0.4 is 20.2 Å². The summed E-state index contributed by atoms with van der Waals surface area (Å²) in [5.41, 5.74) is 0.985. The Kier molecular flexibility index (Phi) is 10.4. The van der Waals surface area contributed by atoms with E-state index in [0.717, 1.165) is 5.82 Å². The fourth-order valence-electron chi connectivity index (χ4n) is 6.57. The molecule has 0 radical (unpaired) electrons. The first-order chi connectivity index (χ1) is 25.1. The van der Waals surface area contributed by atoms with Crippen LogP contribution in [0.15, 0.2) is 72.2 Å². The van der Waals surface area contributed by atoms with Gasteiger partial charge in [0, 0.05) is 42.8 Å². The molecule has 0 saturated carbocycles. The zero-order chi connectivity index (χ0) is 36.4. The fourth-order valence-corrected chi connectivity index (χ4v) is 7.13. The third kappa shape index (κ3) is 7.34. The van der Waals surface area contributed by atoms with Gasteiger partial charge >= 0.3 is 5.69 Å². The van der Waals surface area contributed by atoms with Crippen molar-refractivity contribution in [3.63, 3.8) is 0 Å². The molecule has 52 heavy (non-hydrogen) atoms. The van der Waals surface area contributed by atoms with E-state index in [0.29, 0.717) is 65.3 Å². The normalized spacial score (nSPS) is 20.3. The molecule has 15 nitrogen and oxygen atoms in total. The lowest BCUT2D eigenvalue weighted by Gasteiger charge is -2.36. The van der Waals surface area contributed by atoms with Crippen molar-refractivity contribution >= 4 is 34.7 Å². The van der Waals surface area contributed by atoms with Crippen LogP contribution in [0.4, 0.5) is 15.9 Å². The first kappa shape index (κ1) is 35.8. The van der Waals surface area contributed by atoms with E-state index in [-0.39, 0.29) is 19.8 Å². The number of halogens is 3. The first-order valence-corrected chi connectivity index (χ1v) is 17.6. The molecule has 18 heteroatoms. The van der Waals surface area contributed by atoms with E-state index >= 15 is 4.39 Å². The van der Waals surface area contributed by atoms with Crippen molar-refractivity contribution in [1.29, 1.82) is 0 Å². The highest BCUT2D eigenvalue weighted by atomic mass is 35.5. The third-order valence-corrected chi connectivity index (χ3v) is 9.80. The quantitative estimate of drug-likeness (QED) is 0.197. The van der Waals surface area contributed by atoms with Gasteiger partial charge in [-0.2, -0.15) is 5.10 Å². The zero-order valence-electron chi connectivity index (χ0n) is 28.4. The fraction of sp³-hybridized carbons (Fsp3) is 0.412. The van der Waals surface area contributed by atoms with E-state index in [9.17, 15) is 9.90 Å². The van der Waals surface area contributed by atoms with Crippen molar-refractivity contribution in [3.05, 3.63) is 99.3 Å². The molecule has 0 spiro atoms. The average Bonchev–Trinajstić information content (AvgIpc) is 3.89. The number of anilines is 2. The number of hydrogen-bond acceptors (Lipinski definition) is 12. The minimum Gasteiger partial charge on any atom is -0.489 e. The highest BCUT2D eigenvalue weighted by molar-refractivity contribution is 6.35. The topological polar surface area (TPSA) is 151 Å². The number of aliphatic hydroxyl groups excluding tert-OH is 1. The van der Waals surface area contributed by atoms with Gasteiger partial charge < -0.3 is 29.1 Å². The summed E-state index contributed by atoms with van der Waals surface area (Å²) in [6.45, 7) is 6.49. The summed E-state index contributed by atoms with van der Waals surface area (Å²) in [6, 6.07) is 13.1. The van der Waals surface area contributed by atoms with Gasteiger partial charge in [0.1, 0.15) is 49.3 Å². The molecule has 2 saturated heterocycles. The Bertz CT molecular complexity index is 2040. The number of ether oxygens (including phenoxy) is 3. The van der Waals surface area contributed by atoms with Crippen LogP contribution >= 0.6 is 23.2 Å². The predicted octanol–water partition coefficient (Wildman–Crippen LogP) is 3.87. The predicted molar refractivity (Wildman–Crippen MR) is 190 cm³/mol. The van der Waals surface area contributed by atoms with Crippen LogP contribution in [0.1, 0.15) is 31.9 Å². The molecule has 0 bridgehead atoms. The number of pyridine rings is 1. The molecule has 0 amide bonds. The average molecular weight is 756 g/mol. The first-order valence-electron chi connectivity index (χ1n) is 16.8. The van der Waals surface area contributed by atoms with Crippen molar-refractivity contribution < 1.29 is 23.7 Å². The Balaban J connectivity index is 0.939. The van der Waals surface area contributed by atoms with E-state index in [1.54, 1.807) is 43.5 Å². The minimum atomic E-state index is -1.25. The molecule has 3 aromatic heterocycles. The second-order valence-corrected chi connectivity index (χ2v) is 13.5. The molecule has 2 aliphatic rings. The Morgan fingerprint density at radius 3 is 2.56 bits per heavy atom. The maximum atomic E-state index is 15.4. The lowest BCUT2D eigenvalue weighted by atomic mass is 10.1. The smallest absolute Gasteiger partial charge is 0.350 e. The number of aromatic nitrogens is 8. The number of rotatable bonds is 12. The maximum absolute atomic E-state index is 15.4. The number of nitrogens with zero attached hydrogens (tertiary/aromatic N) is 10. The van der Waals surface area contributed by atoms with Crippen LogP contribution in [-0.4, -0.2) is 96.2 Å². The Morgan fingerprint density at radius 1 is 1.08 bits per heavy atom. The lowest BCUT2D eigenvalue weighted by Crippen LogP contribution is -2.47. The highest BCUT2D eigenvalue weighted by Gasteiger charge is 2.46. The molecule has 0 aliphatic carbocycles. The summed E-state index contributed by atoms with van der Waals surface area (Å²) in [5, 5.41) is 26.4. The molecule has 2 fully saturated rings. The number of piperazine rings is 1. The van der Waals surface area contributed by atoms with Gasteiger partial charge in [-0.1, -0.05) is 36.2 Å². The van der Waals surface area contributed by atoms with Crippen LogP contribution in [0, 0.1) is 5.82 Å². The molecule has 2 aliphatic heterocycles. The van der Waals surface area contributed by atoms with Crippen LogP contribution in [0.25, 0.3) is 5.69 Å². The van der Waals surface area contributed by atoms with Gasteiger partial charge in [0.25, 0.3) is 0 Å². The van der Waals surface area contributed by atoms with Gasteiger partial charge in [-0.05, 0) is 60.2 Å². The van der Waals surface area contributed by atoms with E-state index in [4.69, 9.17) is 37.4 Å². The summed E-state index contributed by atoms with van der Waals surface area (Å²) >= 11 is 12.7. The molecular formula is C34H37Cl2FN10O5. The number of aliphatic hydroxyl groups is 1. The molecule has 5 heterocycles. The van der Waals surface area contributed by atoms with Gasteiger partial charge in [-0.15, -0.1) is 5.10 Å². The van der Waals surface area contributed by atoms with E-state index < -0.39 is 35.5 Å². The highest BCUT2D eigenvalue weighted by Crippen LogP contribution is 2.40. The van der Waals surface area contributed by atoms with Crippen LogP contribution in [-0.2, 0) is 21.8 Å². The zero-order valence-corrected chi connectivity index (χ0v) is 29.9. The molecule has 5 aromatic rings. The second-order valence-electron chi connectivity index (χ2n) is 12.7. The number of tetrazole rings is 1. The SMILES string of the molecule is CCC(C(C)O)n1ncn(-c2ccc(N3CCN(c4ccc(OC[C@@H]5CO[C@@](Cn6cnnn6)(c6ccc(Cl)cc6Cl)O5)cn4)CC3)c(F)c2)c1=O. The van der Waals surface area contributed by atoms with Crippen LogP contribution in [0.2, 0.25) is 10.0 Å². The van der Waals surface area contributed by atoms with E-state index in [1.165, 1.54) is 32.7 Å². The molecule has 4 atom stereocenters. The van der Waals surface area contributed by atoms with E-state index in [1.807, 2.05) is 24.0 Å². The number of benzene rings is 2. The Morgan fingerprint density at radius 2 is 1.88 bits per heavy atom. The van der Waals surface area contributed by atoms with Crippen LogP contribution in [0.3, 0.4) is 0 Å². The van der Waals surface area contributed by atoms with Gasteiger partial charge in [0.15, 0.2) is 0 Å². The van der Waals surface area contributed by atoms with Crippen molar-refractivity contribution in [1.82, 2.24) is 39.5 Å². The molecule has 2 aromatic carbocycles. The molecule has 274 valence electrons. The van der Waals surface area contributed by atoms with Crippen molar-refractivity contribution in [2.24, 2.45) is 0 Å². The van der Waals surface area contributed by atoms with Crippen molar-refractivity contribution in [2.75, 3.05) is 49.2 Å². The maximum Gasteiger partial charge on any atom is 0.350 e. The third-order valence-electron chi connectivity index (χ3n) is 9.26. The molecule has 7 rings (SSSR count). The number of hydrogen-bond donors (Lipinski definition) is 1. The minimum absolute atomic E-state index is 0.165. The van der Waals surface area contributed by atoms with Gasteiger partial charge in [0.2, 0.25) is 5.79 Å². The van der Waals surface area contributed by atoms with Crippen molar-refractivity contribution in [2.45, 2.75) is 50.8 Å². The van der Waals surface area contributed by atoms with Gasteiger partial charge in [-0.25, -0.2) is 28.1 Å². The van der Waals surface area contributed by atoms with Crippen molar-refractivity contribution in [3.8, 4) is 11.4 Å².